The number of hydrogen-bond donors (Lipinski definition) is 2. The highest BCUT2D eigenvalue weighted by atomic mass is 32.2. The zero-order chi connectivity index (χ0) is 12.0. The molecule has 0 aliphatic heterocycles. The standard InChI is InChI=1S/C10H10N2O2S2/c1-16-10(15)12-11-6-7-2-4-8(5-3-7)9(13)14/h2-6H,1H3,(H,12,15)(H,13,14)/b11-6+. The van der Waals surface area contributed by atoms with E-state index >= 15 is 0 Å². The molecule has 0 bridgehead atoms. The van der Waals surface area contributed by atoms with Gasteiger partial charge in [-0.2, -0.15) is 5.10 Å². The van der Waals surface area contributed by atoms with Gasteiger partial charge in [-0.25, -0.2) is 4.79 Å². The van der Waals surface area contributed by atoms with Crippen LogP contribution in [0.4, 0.5) is 0 Å². The first-order chi connectivity index (χ1) is 7.63. The predicted molar refractivity (Wildman–Crippen MR) is 70.2 cm³/mol. The molecular weight excluding hydrogens is 244 g/mol. The van der Waals surface area contributed by atoms with E-state index in [2.05, 4.69) is 10.5 Å². The lowest BCUT2D eigenvalue weighted by molar-refractivity contribution is 0.0697. The molecule has 0 aromatic heterocycles. The molecular formula is C10H10N2O2S2. The van der Waals surface area contributed by atoms with Gasteiger partial charge in [-0.1, -0.05) is 36.1 Å². The molecule has 0 aliphatic carbocycles. The van der Waals surface area contributed by atoms with Crippen LogP contribution in [0.2, 0.25) is 0 Å². The summed E-state index contributed by atoms with van der Waals surface area (Å²) in [5.41, 5.74) is 3.73. The van der Waals surface area contributed by atoms with E-state index in [0.717, 1.165) is 5.56 Å². The quantitative estimate of drug-likeness (QED) is 0.490. The average molecular weight is 254 g/mol. The van der Waals surface area contributed by atoms with E-state index in [0.29, 0.717) is 4.32 Å². The van der Waals surface area contributed by atoms with Crippen molar-refractivity contribution in [1.29, 1.82) is 0 Å². The number of thioether (sulfide) groups is 1. The maximum Gasteiger partial charge on any atom is 0.335 e. The van der Waals surface area contributed by atoms with Gasteiger partial charge < -0.3 is 5.11 Å². The van der Waals surface area contributed by atoms with Gasteiger partial charge in [-0.15, -0.1) is 0 Å². The predicted octanol–water partition coefficient (Wildman–Crippen LogP) is 1.96. The molecule has 2 N–H and O–H groups in total. The van der Waals surface area contributed by atoms with Gasteiger partial charge in [0.15, 0.2) is 4.32 Å². The third-order valence-electron chi connectivity index (χ3n) is 1.71. The third kappa shape index (κ3) is 4.00. The molecule has 84 valence electrons. The summed E-state index contributed by atoms with van der Waals surface area (Å²) in [5.74, 6) is -0.940. The Hall–Kier alpha value is -1.40. The Labute approximate surface area is 103 Å². The molecule has 4 nitrogen and oxygen atoms in total. The molecule has 6 heteroatoms. The maximum absolute atomic E-state index is 10.6. The zero-order valence-corrected chi connectivity index (χ0v) is 10.1. The highest BCUT2D eigenvalue weighted by Gasteiger charge is 2.00. The van der Waals surface area contributed by atoms with Crippen LogP contribution >= 0.6 is 24.0 Å². The number of nitrogens with zero attached hydrogens (tertiary/aromatic N) is 1. The molecule has 0 spiro atoms. The van der Waals surface area contributed by atoms with Crippen LogP contribution in [0.25, 0.3) is 0 Å². The van der Waals surface area contributed by atoms with Crippen LogP contribution in [-0.2, 0) is 0 Å². The number of hydrogen-bond acceptors (Lipinski definition) is 4. The van der Waals surface area contributed by atoms with Crippen molar-refractivity contribution in [2.75, 3.05) is 6.26 Å². The van der Waals surface area contributed by atoms with E-state index in [9.17, 15) is 4.79 Å². The van der Waals surface area contributed by atoms with Crippen molar-refractivity contribution in [3.63, 3.8) is 0 Å². The van der Waals surface area contributed by atoms with E-state index in [4.69, 9.17) is 17.3 Å². The molecule has 0 unspecified atom stereocenters. The molecule has 1 rings (SSSR count). The largest absolute Gasteiger partial charge is 0.478 e. The average Bonchev–Trinajstić information content (AvgIpc) is 2.29. The van der Waals surface area contributed by atoms with E-state index in [1.54, 1.807) is 18.3 Å². The fraction of sp³-hybridized carbons (Fsp3) is 0.100. The van der Waals surface area contributed by atoms with Crippen LogP contribution in [0.15, 0.2) is 29.4 Å². The number of thiocarbonyl (C=S) groups is 1. The molecule has 16 heavy (non-hydrogen) atoms. The summed E-state index contributed by atoms with van der Waals surface area (Å²) < 4.78 is 0.582. The lowest BCUT2D eigenvalue weighted by atomic mass is 10.1. The van der Waals surface area contributed by atoms with Crippen molar-refractivity contribution in [3.8, 4) is 0 Å². The van der Waals surface area contributed by atoms with Gasteiger partial charge in [0.05, 0.1) is 11.8 Å². The van der Waals surface area contributed by atoms with Gasteiger partial charge in [0.2, 0.25) is 0 Å². The summed E-state index contributed by atoms with van der Waals surface area (Å²) in [6, 6.07) is 6.40. The van der Waals surface area contributed by atoms with Crippen molar-refractivity contribution < 1.29 is 9.90 Å². The minimum atomic E-state index is -0.940. The number of carbonyl (C=O) groups is 1. The maximum atomic E-state index is 10.6. The summed E-state index contributed by atoms with van der Waals surface area (Å²) in [4.78, 5) is 10.6. The van der Waals surface area contributed by atoms with Gasteiger partial charge in [0.25, 0.3) is 0 Å². The van der Waals surface area contributed by atoms with E-state index < -0.39 is 5.97 Å². The first kappa shape index (κ1) is 12.7. The molecule has 0 aliphatic rings. The summed E-state index contributed by atoms with van der Waals surface area (Å²) in [5, 5.41) is 12.6. The number of nitrogens with one attached hydrogen (secondary N) is 1. The minimum absolute atomic E-state index is 0.254. The Morgan fingerprint density at radius 2 is 2.12 bits per heavy atom. The number of hydrazone groups is 1. The first-order valence-corrected chi connectivity index (χ1v) is 5.97. The fourth-order valence-corrected chi connectivity index (χ4v) is 1.11. The van der Waals surface area contributed by atoms with Crippen LogP contribution in [0.3, 0.4) is 0 Å². The van der Waals surface area contributed by atoms with Crippen molar-refractivity contribution in [3.05, 3.63) is 35.4 Å². The van der Waals surface area contributed by atoms with E-state index in [-0.39, 0.29) is 5.56 Å². The molecule has 0 atom stereocenters. The first-order valence-electron chi connectivity index (χ1n) is 4.34. The summed E-state index contributed by atoms with van der Waals surface area (Å²) in [7, 11) is 0. The number of aromatic carboxylic acids is 1. The Morgan fingerprint density at radius 3 is 2.62 bits per heavy atom. The second kappa shape index (κ2) is 6.24. The van der Waals surface area contributed by atoms with Gasteiger partial charge in [-0.3, -0.25) is 5.43 Å². The number of benzene rings is 1. The van der Waals surface area contributed by atoms with Gasteiger partial charge in [-0.05, 0) is 24.0 Å². The van der Waals surface area contributed by atoms with E-state index in [1.165, 1.54) is 23.9 Å². The fourth-order valence-electron chi connectivity index (χ4n) is 0.917. The zero-order valence-electron chi connectivity index (χ0n) is 8.51. The summed E-state index contributed by atoms with van der Waals surface area (Å²) in [6.07, 6.45) is 3.43. The highest BCUT2D eigenvalue weighted by molar-refractivity contribution is 8.22. The van der Waals surface area contributed by atoms with Gasteiger partial charge >= 0.3 is 5.97 Å². The number of carboxylic acids is 1. The molecule has 1 aromatic rings. The molecule has 0 saturated carbocycles. The highest BCUT2D eigenvalue weighted by Crippen LogP contribution is 2.02. The molecule has 0 radical (unpaired) electrons. The van der Waals surface area contributed by atoms with Gasteiger partial charge in [0, 0.05) is 0 Å². The summed E-state index contributed by atoms with van der Waals surface area (Å²) >= 11 is 6.28. The monoisotopic (exact) mass is 254 g/mol. The lowest BCUT2D eigenvalue weighted by Gasteiger charge is -1.97. The molecule has 1 aromatic carbocycles. The second-order valence-electron chi connectivity index (χ2n) is 2.79. The Balaban J connectivity index is 2.61. The minimum Gasteiger partial charge on any atom is -0.478 e. The smallest absolute Gasteiger partial charge is 0.335 e. The molecule has 0 amide bonds. The number of rotatable bonds is 3. The SMILES string of the molecule is CSC(=S)N/N=C/c1ccc(C(=O)O)cc1. The Kier molecular flexibility index (Phi) is 4.94. The van der Waals surface area contributed by atoms with Crippen molar-refractivity contribution >= 4 is 40.5 Å². The van der Waals surface area contributed by atoms with Crippen LogP contribution < -0.4 is 5.43 Å². The Morgan fingerprint density at radius 1 is 1.50 bits per heavy atom. The van der Waals surface area contributed by atoms with Crippen LogP contribution in [0.5, 0.6) is 0 Å². The van der Waals surface area contributed by atoms with E-state index in [1.807, 2.05) is 6.26 Å². The van der Waals surface area contributed by atoms with Crippen LogP contribution in [0, 0.1) is 0 Å². The van der Waals surface area contributed by atoms with Crippen molar-refractivity contribution in [1.82, 2.24) is 5.43 Å². The lowest BCUT2D eigenvalue weighted by Crippen LogP contribution is -2.10. The molecule has 0 saturated heterocycles. The summed E-state index contributed by atoms with van der Waals surface area (Å²) in [6.45, 7) is 0. The second-order valence-corrected chi connectivity index (χ2v) is 4.27. The van der Waals surface area contributed by atoms with Crippen LogP contribution in [0.1, 0.15) is 15.9 Å². The Bertz CT molecular complexity index is 415. The topological polar surface area (TPSA) is 61.7 Å². The van der Waals surface area contributed by atoms with Gasteiger partial charge in [0.1, 0.15) is 0 Å². The third-order valence-corrected chi connectivity index (χ3v) is 2.77. The van der Waals surface area contributed by atoms with Crippen molar-refractivity contribution in [2.24, 2.45) is 5.10 Å². The molecule has 0 heterocycles. The van der Waals surface area contributed by atoms with Crippen LogP contribution in [-0.4, -0.2) is 27.9 Å². The number of carboxylic acid groups (broad SMARTS) is 1. The van der Waals surface area contributed by atoms with Crippen molar-refractivity contribution in [2.45, 2.75) is 0 Å². The normalized spacial score (nSPS) is 10.3. The molecule has 0 fully saturated rings.